The Morgan fingerprint density at radius 1 is 1.15 bits per heavy atom. The van der Waals surface area contributed by atoms with Crippen molar-refractivity contribution in [1.29, 1.82) is 0 Å². The summed E-state index contributed by atoms with van der Waals surface area (Å²) in [5.41, 5.74) is -8.71. The first-order valence-corrected chi connectivity index (χ1v) is 17.0. The molecule has 12 nitrogen and oxygen atoms in total. The second-order valence-corrected chi connectivity index (χ2v) is 15.2. The number of epoxide rings is 1. The smallest absolute Gasteiger partial charge is 0.330 e. The van der Waals surface area contributed by atoms with Crippen molar-refractivity contribution in [2.45, 2.75) is 133 Å². The van der Waals surface area contributed by atoms with Crippen molar-refractivity contribution in [3.05, 3.63) is 23.8 Å². The van der Waals surface area contributed by atoms with E-state index in [-0.39, 0.29) is 5.57 Å². The van der Waals surface area contributed by atoms with E-state index in [1.54, 1.807) is 13.8 Å². The van der Waals surface area contributed by atoms with Gasteiger partial charge in [0.05, 0.1) is 36.4 Å². The number of esters is 2. The van der Waals surface area contributed by atoms with Crippen LogP contribution in [-0.4, -0.2) is 108 Å². The second-order valence-electron chi connectivity index (χ2n) is 15.2. The Hall–Kier alpha value is -2.19. The third-order valence-electron chi connectivity index (χ3n) is 12.5. The Labute approximate surface area is 275 Å². The topological polar surface area (TPSA) is 204 Å². The molecule has 4 aliphatic carbocycles. The maximum absolute atomic E-state index is 13.5. The normalized spacial score (nSPS) is 44.6. The van der Waals surface area contributed by atoms with Crippen molar-refractivity contribution in [1.82, 2.24) is 0 Å². The van der Waals surface area contributed by atoms with Gasteiger partial charge in [-0.15, -0.1) is 0 Å². The second kappa shape index (κ2) is 12.0. The van der Waals surface area contributed by atoms with E-state index in [1.165, 1.54) is 13.0 Å². The number of aliphatic hydroxyl groups is 6. The number of carbonyl (C=O) groups is 3. The predicted molar refractivity (Wildman–Crippen MR) is 166 cm³/mol. The molecule has 6 N–H and O–H groups in total. The summed E-state index contributed by atoms with van der Waals surface area (Å²) in [6.45, 7) is 11.5. The van der Waals surface area contributed by atoms with E-state index >= 15 is 0 Å². The van der Waals surface area contributed by atoms with E-state index in [2.05, 4.69) is 0 Å². The van der Waals surface area contributed by atoms with Crippen molar-refractivity contribution < 1.29 is 59.2 Å². The van der Waals surface area contributed by atoms with Crippen LogP contribution in [0.5, 0.6) is 0 Å². The summed E-state index contributed by atoms with van der Waals surface area (Å²) in [5, 5.41) is 67.9. The van der Waals surface area contributed by atoms with Crippen molar-refractivity contribution in [2.75, 3.05) is 6.61 Å². The van der Waals surface area contributed by atoms with Crippen LogP contribution in [0.4, 0.5) is 0 Å². The fourth-order valence-corrected chi connectivity index (χ4v) is 9.34. The number of carbonyl (C=O) groups excluding carboxylic acids is 3. The fourth-order valence-electron chi connectivity index (χ4n) is 9.34. The van der Waals surface area contributed by atoms with E-state index < -0.39 is 112 Å². The minimum absolute atomic E-state index is 0.112. The average molecular weight is 665 g/mol. The summed E-state index contributed by atoms with van der Waals surface area (Å²) >= 11 is 0. The minimum Gasteiger partial charge on any atom is -0.455 e. The minimum atomic E-state index is -2.56. The van der Waals surface area contributed by atoms with E-state index in [1.807, 2.05) is 27.7 Å². The molecule has 14 unspecified atom stereocenters. The van der Waals surface area contributed by atoms with Crippen molar-refractivity contribution in [3.8, 4) is 0 Å². The Morgan fingerprint density at radius 2 is 1.81 bits per heavy atom. The number of aliphatic hydroxyl groups excluding tert-OH is 4. The Balaban J connectivity index is 1.59. The molecule has 3 saturated carbocycles. The molecular weight excluding hydrogens is 612 g/mol. The van der Waals surface area contributed by atoms with E-state index in [4.69, 9.17) is 14.2 Å². The van der Waals surface area contributed by atoms with E-state index in [9.17, 15) is 45.0 Å². The summed E-state index contributed by atoms with van der Waals surface area (Å²) in [5.74, 6) is -7.00. The molecular formula is C35H52O12. The number of fused-ring (bicyclic) bond motifs is 7. The molecule has 0 aromatic heterocycles. The van der Waals surface area contributed by atoms with Crippen LogP contribution in [0, 0.1) is 35.0 Å². The predicted octanol–water partition coefficient (Wildman–Crippen LogP) is 1.12. The zero-order chi connectivity index (χ0) is 35.1. The highest BCUT2D eigenvalue weighted by Gasteiger charge is 2.93. The molecule has 1 aliphatic heterocycles. The van der Waals surface area contributed by atoms with Crippen LogP contribution in [0.15, 0.2) is 23.8 Å². The maximum Gasteiger partial charge on any atom is 0.330 e. The summed E-state index contributed by atoms with van der Waals surface area (Å²) in [6, 6.07) is 0. The van der Waals surface area contributed by atoms with Gasteiger partial charge < -0.3 is 44.8 Å². The number of ketones is 1. The van der Waals surface area contributed by atoms with Crippen molar-refractivity contribution in [2.24, 2.45) is 35.0 Å². The van der Waals surface area contributed by atoms with Gasteiger partial charge in [-0.2, -0.15) is 0 Å². The van der Waals surface area contributed by atoms with Crippen LogP contribution in [0.3, 0.4) is 0 Å². The van der Waals surface area contributed by atoms with Gasteiger partial charge in [-0.1, -0.05) is 66.9 Å². The van der Waals surface area contributed by atoms with Gasteiger partial charge in [0.2, 0.25) is 0 Å². The van der Waals surface area contributed by atoms with Gasteiger partial charge in [-0.25, -0.2) is 4.79 Å². The zero-order valence-electron chi connectivity index (χ0n) is 28.4. The zero-order valence-corrected chi connectivity index (χ0v) is 28.4. The summed E-state index contributed by atoms with van der Waals surface area (Å²) in [4.78, 5) is 40.5. The Kier molecular flexibility index (Phi) is 9.21. The molecule has 0 radical (unpaired) electrons. The first kappa shape index (κ1) is 36.1. The molecule has 1 saturated heterocycles. The lowest BCUT2D eigenvalue weighted by molar-refractivity contribution is -0.244. The monoisotopic (exact) mass is 664 g/mol. The molecule has 0 aromatic rings. The molecule has 47 heavy (non-hydrogen) atoms. The van der Waals surface area contributed by atoms with Gasteiger partial charge in [0, 0.05) is 35.2 Å². The molecule has 12 heteroatoms. The van der Waals surface area contributed by atoms with Gasteiger partial charge in [0.25, 0.3) is 0 Å². The van der Waals surface area contributed by atoms with Gasteiger partial charge in [0.15, 0.2) is 17.0 Å². The molecule has 264 valence electrons. The highest BCUT2D eigenvalue weighted by Crippen LogP contribution is 2.80. The Morgan fingerprint density at radius 3 is 2.40 bits per heavy atom. The molecule has 5 rings (SSSR count). The van der Waals surface area contributed by atoms with Gasteiger partial charge in [0.1, 0.15) is 17.8 Å². The first-order chi connectivity index (χ1) is 21.9. The number of hydrogen-bond donors (Lipinski definition) is 6. The van der Waals surface area contributed by atoms with Crippen LogP contribution < -0.4 is 0 Å². The van der Waals surface area contributed by atoms with E-state index in [0.717, 1.165) is 25.0 Å². The first-order valence-electron chi connectivity index (χ1n) is 17.0. The fraction of sp³-hybridized carbons (Fsp3) is 0.800. The number of hydrogen-bond acceptors (Lipinski definition) is 12. The third kappa shape index (κ3) is 4.84. The maximum atomic E-state index is 13.5. The average Bonchev–Trinajstić information content (AvgIpc) is 3.86. The largest absolute Gasteiger partial charge is 0.455 e. The Bertz CT molecular complexity index is 1340. The highest BCUT2D eigenvalue weighted by molar-refractivity contribution is 6.05. The quantitative estimate of drug-likeness (QED) is 0.0752. The molecule has 0 aromatic carbocycles. The SMILES string of the molecule is CCCCCC(O)C(O)/C=C/C(=O)OC1C(C)C2(O)C(C3OC3(CO)C(O)C3(O)C(=O)C(C)=CC32)C2C(C)(C)C12OC(=O)C(C)CC. The van der Waals surface area contributed by atoms with Crippen molar-refractivity contribution in [3.63, 3.8) is 0 Å². The number of Topliss-reactive ketones (excluding diaryl/α,β-unsaturated/α-hetero) is 1. The van der Waals surface area contributed by atoms with Crippen LogP contribution in [0.2, 0.25) is 0 Å². The molecule has 14 atom stereocenters. The lowest BCUT2D eigenvalue weighted by atomic mass is 9.58. The molecule has 0 bridgehead atoms. The molecule has 0 amide bonds. The van der Waals surface area contributed by atoms with Crippen molar-refractivity contribution >= 4 is 17.7 Å². The summed E-state index contributed by atoms with van der Waals surface area (Å²) in [7, 11) is 0. The number of ether oxygens (including phenoxy) is 3. The van der Waals surface area contributed by atoms with Gasteiger partial charge in [-0.3, -0.25) is 9.59 Å². The van der Waals surface area contributed by atoms with E-state index in [0.29, 0.717) is 19.3 Å². The molecule has 5 aliphatic rings. The summed E-state index contributed by atoms with van der Waals surface area (Å²) in [6.07, 6.45) is 0.211. The number of rotatable bonds is 12. The highest BCUT2D eigenvalue weighted by atomic mass is 16.6. The van der Waals surface area contributed by atoms with Crippen LogP contribution in [-0.2, 0) is 28.6 Å². The lowest BCUT2D eigenvalue weighted by Gasteiger charge is -2.53. The standard InChI is InChI=1S/C35H52O12/c1-8-10-11-12-20(37)21(38)13-14-23(39)45-27-19(5)33(43)22-15-18(4)26(40)34(22,44)30(42)32(16-36)28(46-32)24(33)25-31(6,7)35(25,27)47-29(41)17(3)9-2/h13-15,17,19-22,24-25,27-28,30,36-38,42-44H,8-12,16H2,1-7H3/b14-13+. The molecule has 4 fully saturated rings. The lowest BCUT2D eigenvalue weighted by Crippen LogP contribution is -2.69. The molecule has 0 spiro atoms. The molecule has 1 heterocycles. The third-order valence-corrected chi connectivity index (χ3v) is 12.5. The number of unbranched alkanes of at least 4 members (excludes halogenated alkanes) is 2. The summed E-state index contributed by atoms with van der Waals surface area (Å²) < 4.78 is 18.4. The van der Waals surface area contributed by atoms with Crippen LogP contribution in [0.1, 0.15) is 80.6 Å². The van der Waals surface area contributed by atoms with Gasteiger partial charge >= 0.3 is 11.9 Å². The van der Waals surface area contributed by atoms with Crippen LogP contribution >= 0.6 is 0 Å². The van der Waals surface area contributed by atoms with Gasteiger partial charge in [-0.05, 0) is 31.4 Å². The van der Waals surface area contributed by atoms with Crippen LogP contribution in [0.25, 0.3) is 0 Å².